The summed E-state index contributed by atoms with van der Waals surface area (Å²) in [5.74, 6) is 1.78. The largest absolute Gasteiger partial charge is 0.466 e. The van der Waals surface area contributed by atoms with Gasteiger partial charge in [-0.15, -0.1) is 0 Å². The number of hydrogen-bond acceptors (Lipinski definition) is 6. The molecule has 7 heteroatoms. The standard InChI is InChI=1S/C14H17N5O2/c1-3-10-7-12(19-13(18-10)16-9-17-19)15-8-14(2,20)11-5-4-6-21-11/h4-7,9,15,20H,3,8H2,1-2H3. The molecule has 0 aliphatic carbocycles. The molecule has 1 unspecified atom stereocenters. The van der Waals surface area contributed by atoms with E-state index >= 15 is 0 Å². The molecule has 110 valence electrons. The smallest absolute Gasteiger partial charge is 0.254 e. The maximum atomic E-state index is 10.5. The molecule has 0 bridgehead atoms. The quantitative estimate of drug-likeness (QED) is 0.741. The van der Waals surface area contributed by atoms with E-state index < -0.39 is 5.60 Å². The average molecular weight is 287 g/mol. The molecule has 0 saturated heterocycles. The normalized spacial score (nSPS) is 14.2. The summed E-state index contributed by atoms with van der Waals surface area (Å²) in [6.45, 7) is 4.00. The third-order valence-electron chi connectivity index (χ3n) is 3.33. The molecule has 0 saturated carbocycles. The van der Waals surface area contributed by atoms with E-state index in [1.165, 1.54) is 6.33 Å². The Morgan fingerprint density at radius 1 is 1.48 bits per heavy atom. The van der Waals surface area contributed by atoms with Crippen LogP contribution in [0.4, 0.5) is 5.82 Å². The molecule has 0 aromatic carbocycles. The molecular weight excluding hydrogens is 270 g/mol. The second-order valence-corrected chi connectivity index (χ2v) is 5.06. The fraction of sp³-hybridized carbons (Fsp3) is 0.357. The summed E-state index contributed by atoms with van der Waals surface area (Å²) < 4.78 is 6.88. The highest BCUT2D eigenvalue weighted by Gasteiger charge is 2.26. The summed E-state index contributed by atoms with van der Waals surface area (Å²) in [6.07, 6.45) is 3.80. The van der Waals surface area contributed by atoms with E-state index in [-0.39, 0.29) is 6.54 Å². The first-order valence-corrected chi connectivity index (χ1v) is 6.80. The van der Waals surface area contributed by atoms with Gasteiger partial charge < -0.3 is 14.8 Å². The van der Waals surface area contributed by atoms with Crippen molar-refractivity contribution in [1.82, 2.24) is 19.6 Å². The molecule has 3 aromatic rings. The van der Waals surface area contributed by atoms with Gasteiger partial charge in [0, 0.05) is 11.8 Å². The highest BCUT2D eigenvalue weighted by atomic mass is 16.4. The highest BCUT2D eigenvalue weighted by molar-refractivity contribution is 5.45. The molecule has 0 amide bonds. The highest BCUT2D eigenvalue weighted by Crippen LogP contribution is 2.22. The minimum atomic E-state index is -1.12. The van der Waals surface area contributed by atoms with Crippen molar-refractivity contribution < 1.29 is 9.52 Å². The van der Waals surface area contributed by atoms with Gasteiger partial charge in [0.25, 0.3) is 5.78 Å². The zero-order valence-corrected chi connectivity index (χ0v) is 11.9. The number of anilines is 1. The summed E-state index contributed by atoms with van der Waals surface area (Å²) in [5.41, 5.74) is -0.206. The molecule has 3 aromatic heterocycles. The summed E-state index contributed by atoms with van der Waals surface area (Å²) in [5, 5.41) is 17.8. The van der Waals surface area contributed by atoms with Crippen LogP contribution < -0.4 is 5.32 Å². The van der Waals surface area contributed by atoms with Crippen molar-refractivity contribution in [3.05, 3.63) is 42.2 Å². The van der Waals surface area contributed by atoms with Gasteiger partial charge in [0.15, 0.2) is 0 Å². The van der Waals surface area contributed by atoms with Crippen LogP contribution in [-0.2, 0) is 12.0 Å². The number of rotatable bonds is 5. The molecule has 3 heterocycles. The minimum absolute atomic E-state index is 0.280. The van der Waals surface area contributed by atoms with Gasteiger partial charge in [-0.1, -0.05) is 6.92 Å². The zero-order chi connectivity index (χ0) is 14.9. The zero-order valence-electron chi connectivity index (χ0n) is 11.9. The second-order valence-electron chi connectivity index (χ2n) is 5.06. The topological polar surface area (TPSA) is 88.5 Å². The molecule has 0 spiro atoms. The van der Waals surface area contributed by atoms with Crippen LogP contribution in [0.3, 0.4) is 0 Å². The first kappa shape index (κ1) is 13.6. The third kappa shape index (κ3) is 2.59. The molecule has 3 rings (SSSR count). The number of furan rings is 1. The molecular formula is C14H17N5O2. The first-order chi connectivity index (χ1) is 10.1. The summed E-state index contributed by atoms with van der Waals surface area (Å²) in [7, 11) is 0. The fourth-order valence-corrected chi connectivity index (χ4v) is 2.10. The summed E-state index contributed by atoms with van der Waals surface area (Å²) in [6, 6.07) is 5.40. The van der Waals surface area contributed by atoms with Crippen LogP contribution in [0.2, 0.25) is 0 Å². The molecule has 7 nitrogen and oxygen atoms in total. The maximum Gasteiger partial charge on any atom is 0.254 e. The Morgan fingerprint density at radius 3 is 3.05 bits per heavy atom. The predicted octanol–water partition coefficient (Wildman–Crippen LogP) is 1.60. The summed E-state index contributed by atoms with van der Waals surface area (Å²) in [4.78, 5) is 8.48. The van der Waals surface area contributed by atoms with E-state index in [2.05, 4.69) is 20.4 Å². The molecule has 1 atom stereocenters. The van der Waals surface area contributed by atoms with Crippen molar-refractivity contribution in [2.24, 2.45) is 0 Å². The number of aryl methyl sites for hydroxylation is 1. The number of aliphatic hydroxyl groups is 1. The van der Waals surface area contributed by atoms with Gasteiger partial charge in [0.2, 0.25) is 0 Å². The lowest BCUT2D eigenvalue weighted by atomic mass is 10.0. The Balaban J connectivity index is 1.86. The Bertz CT molecular complexity index is 733. The van der Waals surface area contributed by atoms with E-state index in [4.69, 9.17) is 4.42 Å². The van der Waals surface area contributed by atoms with E-state index in [0.717, 1.165) is 17.9 Å². The fourth-order valence-electron chi connectivity index (χ4n) is 2.10. The number of fused-ring (bicyclic) bond motifs is 1. The van der Waals surface area contributed by atoms with Crippen molar-refractivity contribution in [3.63, 3.8) is 0 Å². The third-order valence-corrected chi connectivity index (χ3v) is 3.33. The summed E-state index contributed by atoms with van der Waals surface area (Å²) >= 11 is 0. The van der Waals surface area contributed by atoms with Crippen LogP contribution in [0.5, 0.6) is 0 Å². The van der Waals surface area contributed by atoms with Gasteiger partial charge in [0.05, 0.1) is 12.8 Å². The van der Waals surface area contributed by atoms with Crippen molar-refractivity contribution in [2.45, 2.75) is 25.9 Å². The minimum Gasteiger partial charge on any atom is -0.466 e. The van der Waals surface area contributed by atoms with Gasteiger partial charge >= 0.3 is 0 Å². The SMILES string of the molecule is CCc1cc(NCC(C)(O)c2ccco2)n2ncnc2n1. The molecule has 2 N–H and O–H groups in total. The van der Waals surface area contributed by atoms with Crippen LogP contribution in [0.1, 0.15) is 25.3 Å². The Kier molecular flexibility index (Phi) is 3.34. The number of nitrogens with zero attached hydrogens (tertiary/aromatic N) is 4. The number of nitrogens with one attached hydrogen (secondary N) is 1. The van der Waals surface area contributed by atoms with Crippen LogP contribution >= 0.6 is 0 Å². The van der Waals surface area contributed by atoms with Crippen LogP contribution in [0.25, 0.3) is 5.78 Å². The molecule has 0 radical (unpaired) electrons. The predicted molar refractivity (Wildman–Crippen MR) is 76.9 cm³/mol. The van der Waals surface area contributed by atoms with Gasteiger partial charge in [-0.3, -0.25) is 0 Å². The number of hydrogen-bond donors (Lipinski definition) is 2. The van der Waals surface area contributed by atoms with Crippen molar-refractivity contribution in [1.29, 1.82) is 0 Å². The van der Waals surface area contributed by atoms with Crippen LogP contribution in [-0.4, -0.2) is 31.2 Å². The maximum absolute atomic E-state index is 10.5. The van der Waals surface area contributed by atoms with Gasteiger partial charge in [-0.25, -0.2) is 4.98 Å². The van der Waals surface area contributed by atoms with Crippen molar-refractivity contribution in [2.75, 3.05) is 11.9 Å². The lowest BCUT2D eigenvalue weighted by molar-refractivity contribution is 0.0475. The van der Waals surface area contributed by atoms with Crippen LogP contribution in [0, 0.1) is 0 Å². The Morgan fingerprint density at radius 2 is 2.33 bits per heavy atom. The van der Waals surface area contributed by atoms with E-state index in [0.29, 0.717) is 11.5 Å². The lowest BCUT2D eigenvalue weighted by Crippen LogP contribution is -2.31. The molecule has 0 aliphatic rings. The number of aromatic nitrogens is 4. The van der Waals surface area contributed by atoms with E-state index in [1.807, 2.05) is 13.0 Å². The van der Waals surface area contributed by atoms with E-state index in [9.17, 15) is 5.11 Å². The van der Waals surface area contributed by atoms with Gasteiger partial charge in [-0.05, 0) is 25.5 Å². The van der Waals surface area contributed by atoms with Crippen molar-refractivity contribution >= 4 is 11.6 Å². The van der Waals surface area contributed by atoms with Crippen molar-refractivity contribution in [3.8, 4) is 0 Å². The Hall–Kier alpha value is -2.41. The second kappa shape index (κ2) is 5.17. The first-order valence-electron chi connectivity index (χ1n) is 6.80. The lowest BCUT2D eigenvalue weighted by Gasteiger charge is -2.22. The van der Waals surface area contributed by atoms with Crippen LogP contribution in [0.15, 0.2) is 35.2 Å². The average Bonchev–Trinajstić information content (AvgIpc) is 3.15. The monoisotopic (exact) mass is 287 g/mol. The Labute approximate surface area is 121 Å². The molecule has 0 fully saturated rings. The van der Waals surface area contributed by atoms with E-state index in [1.54, 1.807) is 29.8 Å². The molecule has 0 aliphatic heterocycles. The molecule has 21 heavy (non-hydrogen) atoms. The van der Waals surface area contributed by atoms with Gasteiger partial charge in [-0.2, -0.15) is 14.6 Å². The van der Waals surface area contributed by atoms with Gasteiger partial charge in [0.1, 0.15) is 23.5 Å².